The Bertz CT molecular complexity index is 372. The predicted molar refractivity (Wildman–Crippen MR) is 166 cm³/mol. The van der Waals surface area contributed by atoms with Crippen LogP contribution >= 0.6 is 31.5 Å². The maximum Gasteiger partial charge on any atom is 0.239 e. The second-order valence-electron chi connectivity index (χ2n) is 10.9. The summed E-state index contributed by atoms with van der Waals surface area (Å²) in [4.78, 5) is 0. The molecule has 0 aliphatic heterocycles. The molecule has 0 N–H and O–H groups in total. The van der Waals surface area contributed by atoms with Crippen LogP contribution in [0, 0.1) is 0 Å². The Labute approximate surface area is 221 Å². The minimum absolute atomic E-state index is 0.773. The van der Waals surface area contributed by atoms with Gasteiger partial charge in [-0.25, -0.2) is 0 Å². The third-order valence-corrected chi connectivity index (χ3v) is 11.2. The van der Waals surface area contributed by atoms with Gasteiger partial charge in [0.2, 0.25) is 4.29 Å². The molecule has 0 aromatic rings. The van der Waals surface area contributed by atoms with Crippen LogP contribution in [0.25, 0.3) is 0 Å². The summed E-state index contributed by atoms with van der Waals surface area (Å²) in [7, 11) is 1.92. The van der Waals surface area contributed by atoms with Crippen molar-refractivity contribution in [1.82, 2.24) is 0 Å². The van der Waals surface area contributed by atoms with Crippen molar-refractivity contribution in [3.05, 3.63) is 0 Å². The molecule has 192 valence electrons. The number of hydrogen-bond donors (Lipinski definition) is 0. The van der Waals surface area contributed by atoms with Crippen molar-refractivity contribution in [1.29, 1.82) is 0 Å². The first-order chi connectivity index (χ1) is 15.5. The van der Waals surface area contributed by atoms with Gasteiger partial charge in [-0.2, -0.15) is 9.12 Å². The number of ether oxygens (including phenoxy) is 1. The Morgan fingerprint density at radius 2 is 1.00 bits per heavy atom. The highest BCUT2D eigenvalue weighted by Crippen LogP contribution is 2.22. The first-order valence-electron chi connectivity index (χ1n) is 14.5. The van der Waals surface area contributed by atoms with Gasteiger partial charge < -0.3 is 4.74 Å². The van der Waals surface area contributed by atoms with Crippen LogP contribution in [0.2, 0.25) is 31.5 Å². The fourth-order valence-corrected chi connectivity index (χ4v) is 7.81. The highest BCUT2D eigenvalue weighted by atomic mass is 127. The van der Waals surface area contributed by atoms with Gasteiger partial charge in [0.1, 0.15) is 0 Å². The third-order valence-electron chi connectivity index (χ3n) is 6.87. The summed E-state index contributed by atoms with van der Waals surface area (Å²) in [5.74, 6) is 0. The van der Waals surface area contributed by atoms with Gasteiger partial charge in [-0.3, -0.25) is 0 Å². The van der Waals surface area contributed by atoms with Gasteiger partial charge >= 0.3 is 0 Å². The minimum atomic E-state index is -0.985. The lowest BCUT2D eigenvalue weighted by Gasteiger charge is -2.22. The van der Waals surface area contributed by atoms with E-state index in [0.29, 0.717) is 0 Å². The van der Waals surface area contributed by atoms with Crippen molar-refractivity contribution in [2.75, 3.05) is 13.2 Å². The molecule has 0 aliphatic rings. The molecule has 0 radical (unpaired) electrons. The molecule has 5 heteroatoms. The zero-order chi connectivity index (χ0) is 23.8. The fourth-order valence-electron chi connectivity index (χ4n) is 4.57. The van der Waals surface area contributed by atoms with E-state index < -0.39 is 8.07 Å². The molecule has 0 spiro atoms. The van der Waals surface area contributed by atoms with Crippen molar-refractivity contribution < 1.29 is 4.74 Å². The molecule has 0 bridgehead atoms. The Balaban J connectivity index is 3.29. The van der Waals surface area contributed by atoms with Crippen LogP contribution in [-0.2, 0) is 4.74 Å². The smallest absolute Gasteiger partial charge is 0.239 e. The second-order valence-corrected chi connectivity index (χ2v) is 20.0. The van der Waals surface area contributed by atoms with Crippen LogP contribution in [0.15, 0.2) is 0 Å². The van der Waals surface area contributed by atoms with E-state index in [1.54, 1.807) is 0 Å². The van der Waals surface area contributed by atoms with Crippen LogP contribution in [-0.4, -0.2) is 25.6 Å². The summed E-state index contributed by atoms with van der Waals surface area (Å²) >= 11 is 2.52. The normalized spacial score (nSPS) is 11.9. The predicted octanol–water partition coefficient (Wildman–Crippen LogP) is 10.9. The van der Waals surface area contributed by atoms with Gasteiger partial charge in [0.25, 0.3) is 0 Å². The summed E-state index contributed by atoms with van der Waals surface area (Å²) < 4.78 is 6.71. The second kappa shape index (κ2) is 25.5. The largest absolute Gasteiger partial charge is 0.381 e. The molecule has 1 atom stereocenters. The maximum atomic E-state index is 5.94. The van der Waals surface area contributed by atoms with E-state index in [4.69, 9.17) is 4.74 Å². The first-order valence-corrected chi connectivity index (χ1v) is 19.8. The van der Waals surface area contributed by atoms with Gasteiger partial charge in [0.15, 0.2) is 0 Å². The van der Waals surface area contributed by atoms with E-state index in [-0.39, 0.29) is 0 Å². The molecule has 0 rings (SSSR count). The molecule has 1 nitrogen and oxygen atoms in total. The lowest BCUT2D eigenvalue weighted by atomic mass is 9.96. The summed E-state index contributed by atoms with van der Waals surface area (Å²) in [5, 5.41) is 0. The molecule has 0 aliphatic carbocycles. The highest BCUT2D eigenvalue weighted by Gasteiger charge is 2.19. The fraction of sp³-hybridized carbons (Fsp3) is 1.00. The molecule has 0 amide bonds. The summed E-state index contributed by atoms with van der Waals surface area (Å²) in [6.45, 7) is 9.49. The maximum absolute atomic E-state index is 5.94. The Morgan fingerprint density at radius 3 is 1.53 bits per heavy atom. The van der Waals surface area contributed by atoms with E-state index in [0.717, 1.165) is 17.5 Å². The molecule has 0 fully saturated rings. The van der Waals surface area contributed by atoms with Crippen LogP contribution in [0.4, 0.5) is 0 Å². The van der Waals surface area contributed by atoms with Gasteiger partial charge in [0.05, 0.1) is 0 Å². The monoisotopic (exact) mass is 596 g/mol. The number of hydrogen-bond acceptors (Lipinski definition) is 1. The summed E-state index contributed by atoms with van der Waals surface area (Å²) in [5.41, 5.74) is 0. The third kappa shape index (κ3) is 27.6. The highest BCUT2D eigenvalue weighted by molar-refractivity contribution is 14.1. The standard InChI is InChI=1S/C27H59BIOPSi/c1-4-5-6-7-8-9-10-11-14-17-20-24-30-25-22-27-32(2,3)26-21-18-15-12-13-16-19-23-28(29)31/h4-27,31H2,1-3H3. The number of halogens is 1. The Morgan fingerprint density at radius 1 is 0.594 bits per heavy atom. The van der Waals surface area contributed by atoms with E-state index in [2.05, 4.69) is 51.5 Å². The molecule has 0 heterocycles. The molecule has 0 saturated carbocycles. The average molecular weight is 597 g/mol. The quantitative estimate of drug-likeness (QED) is 0.0418. The van der Waals surface area contributed by atoms with E-state index in [1.165, 1.54) is 140 Å². The average Bonchev–Trinajstić information content (AvgIpc) is 2.75. The van der Waals surface area contributed by atoms with E-state index >= 15 is 0 Å². The molecule has 0 aromatic carbocycles. The van der Waals surface area contributed by atoms with Crippen LogP contribution < -0.4 is 0 Å². The van der Waals surface area contributed by atoms with Crippen molar-refractivity contribution in [2.24, 2.45) is 0 Å². The van der Waals surface area contributed by atoms with Crippen LogP contribution in [0.3, 0.4) is 0 Å². The first kappa shape index (κ1) is 33.4. The number of unbranched alkanes of at least 4 members (excludes halogenated alkanes) is 16. The molecule has 1 unspecified atom stereocenters. The summed E-state index contributed by atoms with van der Waals surface area (Å²) in [6.07, 6.45) is 28.4. The molecular formula is C27H59BIOPSi. The zero-order valence-corrected chi connectivity index (χ0v) is 26.7. The lowest BCUT2D eigenvalue weighted by molar-refractivity contribution is 0.130. The van der Waals surface area contributed by atoms with Gasteiger partial charge in [0, 0.05) is 21.3 Å². The van der Waals surface area contributed by atoms with Gasteiger partial charge in [-0.1, -0.05) is 148 Å². The lowest BCUT2D eigenvalue weighted by Crippen LogP contribution is -2.25. The van der Waals surface area contributed by atoms with Crippen LogP contribution in [0.5, 0.6) is 0 Å². The Kier molecular flexibility index (Phi) is 26.6. The molecular weight excluding hydrogens is 537 g/mol. The van der Waals surface area contributed by atoms with Crippen molar-refractivity contribution in [3.8, 4) is 0 Å². The van der Waals surface area contributed by atoms with Gasteiger partial charge in [-0.15, -0.1) is 22.4 Å². The molecule has 0 aromatic heterocycles. The van der Waals surface area contributed by atoms with E-state index in [1.807, 2.05) is 0 Å². The zero-order valence-electron chi connectivity index (χ0n) is 22.4. The van der Waals surface area contributed by atoms with Crippen LogP contribution in [0.1, 0.15) is 129 Å². The van der Waals surface area contributed by atoms with E-state index in [9.17, 15) is 0 Å². The van der Waals surface area contributed by atoms with Crippen molar-refractivity contribution >= 4 is 43.9 Å². The topological polar surface area (TPSA) is 9.23 Å². The van der Waals surface area contributed by atoms with Crippen molar-refractivity contribution in [3.63, 3.8) is 0 Å². The Hall–Kier alpha value is 1.40. The summed E-state index contributed by atoms with van der Waals surface area (Å²) in [6, 6.07) is 2.98. The minimum Gasteiger partial charge on any atom is -0.381 e. The van der Waals surface area contributed by atoms with Crippen molar-refractivity contribution in [2.45, 2.75) is 160 Å². The van der Waals surface area contributed by atoms with Gasteiger partial charge in [-0.05, 0) is 12.8 Å². The number of rotatable bonds is 26. The molecule has 32 heavy (non-hydrogen) atoms. The SMILES string of the molecule is CCCCCCCCCCCCCOCCC[Si](C)(C)CCCCCCCCCB(P)I. The molecule has 0 saturated heterocycles.